The molecule has 0 amide bonds. The van der Waals surface area contributed by atoms with Crippen LogP contribution in [-0.2, 0) is 14.3 Å². The smallest absolute Gasteiger partial charge is 0.306 e. The average molecular weight is 381 g/mol. The van der Waals surface area contributed by atoms with Crippen molar-refractivity contribution >= 4 is 17.5 Å². The first-order valence-electron chi connectivity index (χ1n) is 8.39. The summed E-state index contributed by atoms with van der Waals surface area (Å²) in [7, 11) is 1.29. The number of hydrogen-bond acceptors (Lipinski definition) is 7. The van der Waals surface area contributed by atoms with Crippen LogP contribution >= 0.6 is 0 Å². The maximum atomic E-state index is 13.6. The summed E-state index contributed by atoms with van der Waals surface area (Å²) in [5.41, 5.74) is 0.0119. The standard InChI is InChI=1S/C18H20FNO7/c1-10-5-15(21)12(13(10)8-20(24)25)7-18(23)27-9-16(22)11-3-4-17(26-2)14(19)6-11/h3-4,6,10,12-13H,5,7-9H2,1-2H3/t10-,12+,13+/m0/s1. The molecule has 8 nitrogen and oxygen atoms in total. The molecule has 0 saturated heterocycles. The van der Waals surface area contributed by atoms with E-state index < -0.39 is 47.5 Å². The molecule has 0 spiro atoms. The number of ketones is 2. The van der Waals surface area contributed by atoms with Crippen molar-refractivity contribution in [1.82, 2.24) is 0 Å². The van der Waals surface area contributed by atoms with Gasteiger partial charge in [0, 0.05) is 28.7 Å². The fourth-order valence-corrected chi connectivity index (χ4v) is 3.31. The molecule has 27 heavy (non-hydrogen) atoms. The summed E-state index contributed by atoms with van der Waals surface area (Å²) in [4.78, 5) is 46.3. The predicted molar refractivity (Wildman–Crippen MR) is 90.5 cm³/mol. The topological polar surface area (TPSA) is 113 Å². The van der Waals surface area contributed by atoms with Crippen LogP contribution in [0.15, 0.2) is 18.2 Å². The van der Waals surface area contributed by atoms with Gasteiger partial charge in [0.2, 0.25) is 6.54 Å². The van der Waals surface area contributed by atoms with Crippen molar-refractivity contribution in [3.05, 3.63) is 39.7 Å². The Kier molecular flexibility index (Phi) is 6.59. The molecule has 1 fully saturated rings. The van der Waals surface area contributed by atoms with E-state index in [9.17, 15) is 28.9 Å². The third-order valence-corrected chi connectivity index (χ3v) is 4.77. The molecule has 1 aromatic carbocycles. The number of rotatable bonds is 8. The molecule has 1 saturated carbocycles. The molecular weight excluding hydrogens is 361 g/mol. The largest absolute Gasteiger partial charge is 0.494 e. The number of ether oxygens (including phenoxy) is 2. The molecule has 0 radical (unpaired) electrons. The highest BCUT2D eigenvalue weighted by molar-refractivity contribution is 5.98. The van der Waals surface area contributed by atoms with Gasteiger partial charge >= 0.3 is 5.97 Å². The van der Waals surface area contributed by atoms with Crippen molar-refractivity contribution in [3.63, 3.8) is 0 Å². The van der Waals surface area contributed by atoms with E-state index in [2.05, 4.69) is 0 Å². The Hall–Kier alpha value is -2.84. The second kappa shape index (κ2) is 8.70. The highest BCUT2D eigenvalue weighted by atomic mass is 19.1. The van der Waals surface area contributed by atoms with Gasteiger partial charge in [-0.1, -0.05) is 6.92 Å². The van der Waals surface area contributed by atoms with Gasteiger partial charge in [0.1, 0.15) is 5.78 Å². The Balaban J connectivity index is 1.93. The molecule has 1 aliphatic carbocycles. The van der Waals surface area contributed by atoms with Crippen molar-refractivity contribution in [2.45, 2.75) is 19.8 Å². The lowest BCUT2D eigenvalue weighted by Gasteiger charge is -2.16. The fourth-order valence-electron chi connectivity index (χ4n) is 3.31. The fraction of sp³-hybridized carbons (Fsp3) is 0.500. The molecule has 9 heteroatoms. The summed E-state index contributed by atoms with van der Waals surface area (Å²) in [5, 5.41) is 10.8. The molecule has 0 aliphatic heterocycles. The zero-order valence-electron chi connectivity index (χ0n) is 15.0. The second-order valence-corrected chi connectivity index (χ2v) is 6.57. The zero-order chi connectivity index (χ0) is 20.1. The number of hydrogen-bond donors (Lipinski definition) is 0. The summed E-state index contributed by atoms with van der Waals surface area (Å²) in [6, 6.07) is 3.60. The maximum absolute atomic E-state index is 13.6. The summed E-state index contributed by atoms with van der Waals surface area (Å²) in [6.45, 7) is 0.731. The van der Waals surface area contributed by atoms with E-state index >= 15 is 0 Å². The van der Waals surface area contributed by atoms with Crippen LogP contribution in [0.1, 0.15) is 30.1 Å². The monoisotopic (exact) mass is 381 g/mol. The zero-order valence-corrected chi connectivity index (χ0v) is 15.0. The van der Waals surface area contributed by atoms with Crippen molar-refractivity contribution in [3.8, 4) is 5.75 Å². The number of benzene rings is 1. The minimum absolute atomic E-state index is 0.0119. The quantitative estimate of drug-likeness (QED) is 0.293. The van der Waals surface area contributed by atoms with Crippen LogP contribution in [0.4, 0.5) is 4.39 Å². The van der Waals surface area contributed by atoms with Gasteiger partial charge in [0.05, 0.1) is 13.5 Å². The molecule has 146 valence electrons. The molecular formula is C18H20FNO7. The molecule has 0 aromatic heterocycles. The lowest BCUT2D eigenvalue weighted by atomic mass is 9.88. The highest BCUT2D eigenvalue weighted by Gasteiger charge is 2.44. The SMILES string of the molecule is COc1ccc(C(=O)COC(=O)C[C@H]2C(=O)C[C@H](C)[C@H]2C[N+](=O)[O-])cc1F. The first-order chi connectivity index (χ1) is 12.7. The van der Waals surface area contributed by atoms with E-state index in [1.807, 2.05) is 0 Å². The van der Waals surface area contributed by atoms with E-state index in [1.54, 1.807) is 6.92 Å². The summed E-state index contributed by atoms with van der Waals surface area (Å²) in [5.74, 6) is -3.87. The Bertz CT molecular complexity index is 764. The second-order valence-electron chi connectivity index (χ2n) is 6.57. The lowest BCUT2D eigenvalue weighted by Crippen LogP contribution is -2.28. The average Bonchev–Trinajstić information content (AvgIpc) is 2.86. The van der Waals surface area contributed by atoms with Crippen LogP contribution in [0, 0.1) is 33.7 Å². The Labute approximate surface area is 154 Å². The van der Waals surface area contributed by atoms with E-state index in [0.717, 1.165) is 6.07 Å². The third kappa shape index (κ3) is 5.08. The first kappa shape index (κ1) is 20.5. The van der Waals surface area contributed by atoms with Gasteiger partial charge in [-0.15, -0.1) is 0 Å². The highest BCUT2D eigenvalue weighted by Crippen LogP contribution is 2.36. The number of methoxy groups -OCH3 is 1. The molecule has 0 N–H and O–H groups in total. The molecule has 0 bridgehead atoms. The summed E-state index contributed by atoms with van der Waals surface area (Å²) < 4.78 is 23.3. The van der Waals surface area contributed by atoms with Crippen LogP contribution in [0.3, 0.4) is 0 Å². The summed E-state index contributed by atoms with van der Waals surface area (Å²) in [6.07, 6.45) is -0.132. The van der Waals surface area contributed by atoms with E-state index in [-0.39, 0.29) is 35.9 Å². The van der Waals surface area contributed by atoms with Gasteiger partial charge < -0.3 is 9.47 Å². The maximum Gasteiger partial charge on any atom is 0.306 e. The molecule has 0 heterocycles. The molecule has 3 atom stereocenters. The molecule has 1 aromatic rings. The number of halogens is 1. The van der Waals surface area contributed by atoms with E-state index in [1.165, 1.54) is 19.2 Å². The number of carbonyl (C=O) groups excluding carboxylic acids is 3. The van der Waals surface area contributed by atoms with Crippen LogP contribution in [0.25, 0.3) is 0 Å². The molecule has 0 unspecified atom stereocenters. The molecule has 1 aliphatic rings. The normalized spacial score (nSPS) is 21.7. The van der Waals surface area contributed by atoms with Gasteiger partial charge in [-0.3, -0.25) is 24.5 Å². The van der Waals surface area contributed by atoms with Gasteiger partial charge in [-0.2, -0.15) is 0 Å². The number of nitro groups is 1. The van der Waals surface area contributed by atoms with Crippen LogP contribution in [0.5, 0.6) is 5.75 Å². The first-order valence-corrected chi connectivity index (χ1v) is 8.39. The van der Waals surface area contributed by atoms with Crippen molar-refractivity contribution < 1.29 is 33.2 Å². The summed E-state index contributed by atoms with van der Waals surface area (Å²) >= 11 is 0. The van der Waals surface area contributed by atoms with Crippen LogP contribution in [0.2, 0.25) is 0 Å². The number of nitrogens with zero attached hydrogens (tertiary/aromatic N) is 1. The lowest BCUT2D eigenvalue weighted by molar-refractivity contribution is -0.490. The predicted octanol–water partition coefficient (Wildman–Crippen LogP) is 2.07. The minimum atomic E-state index is -0.793. The third-order valence-electron chi connectivity index (χ3n) is 4.77. The van der Waals surface area contributed by atoms with Crippen molar-refractivity contribution in [2.75, 3.05) is 20.3 Å². The number of esters is 1. The Morgan fingerprint density at radius 2 is 2.07 bits per heavy atom. The Morgan fingerprint density at radius 1 is 1.37 bits per heavy atom. The number of carbonyl (C=O) groups is 3. The van der Waals surface area contributed by atoms with Crippen molar-refractivity contribution in [1.29, 1.82) is 0 Å². The number of Topliss-reactive ketones (excluding diaryl/α,β-unsaturated/α-hetero) is 2. The van der Waals surface area contributed by atoms with Gasteiger partial charge in [0.25, 0.3) is 0 Å². The van der Waals surface area contributed by atoms with Gasteiger partial charge in [-0.25, -0.2) is 4.39 Å². The van der Waals surface area contributed by atoms with Gasteiger partial charge in [-0.05, 0) is 24.1 Å². The minimum Gasteiger partial charge on any atom is -0.494 e. The Morgan fingerprint density at radius 3 is 2.67 bits per heavy atom. The van der Waals surface area contributed by atoms with Crippen LogP contribution in [-0.4, -0.2) is 42.7 Å². The van der Waals surface area contributed by atoms with Crippen LogP contribution < -0.4 is 4.74 Å². The van der Waals surface area contributed by atoms with Gasteiger partial charge in [0.15, 0.2) is 24.0 Å². The molecule has 2 rings (SSSR count). The van der Waals surface area contributed by atoms with E-state index in [4.69, 9.17) is 9.47 Å². The van der Waals surface area contributed by atoms with E-state index in [0.29, 0.717) is 0 Å². The van der Waals surface area contributed by atoms with Crippen molar-refractivity contribution in [2.24, 2.45) is 17.8 Å².